The minimum Gasteiger partial charge on any atom is -0.378 e. The van der Waals surface area contributed by atoms with Crippen molar-refractivity contribution < 1.29 is 4.74 Å². The van der Waals surface area contributed by atoms with E-state index in [2.05, 4.69) is 26.4 Å². The predicted molar refractivity (Wildman–Crippen MR) is 83.3 cm³/mol. The van der Waals surface area contributed by atoms with Crippen LogP contribution in [0.4, 0.5) is 0 Å². The van der Waals surface area contributed by atoms with Crippen molar-refractivity contribution in [2.24, 2.45) is 7.05 Å². The van der Waals surface area contributed by atoms with Gasteiger partial charge in [0.15, 0.2) is 0 Å². The number of piperidine rings is 1. The van der Waals surface area contributed by atoms with Gasteiger partial charge in [-0.1, -0.05) is 0 Å². The second-order valence-corrected chi connectivity index (χ2v) is 6.56. The normalized spacial score (nSPS) is 20.0. The number of likely N-dealkylation sites (tertiary alicyclic amines) is 1. The van der Waals surface area contributed by atoms with Crippen LogP contribution in [-0.2, 0) is 24.9 Å². The van der Waals surface area contributed by atoms with Crippen LogP contribution >= 0.6 is 11.3 Å². The molecule has 21 heavy (non-hydrogen) atoms. The molecule has 0 amide bonds. The van der Waals surface area contributed by atoms with Crippen LogP contribution in [0.3, 0.4) is 0 Å². The monoisotopic (exact) mass is 306 g/mol. The van der Waals surface area contributed by atoms with Gasteiger partial charge in [-0.25, -0.2) is 4.98 Å². The summed E-state index contributed by atoms with van der Waals surface area (Å²) in [6.45, 7) is 3.80. The number of ether oxygens (including phenoxy) is 1. The van der Waals surface area contributed by atoms with E-state index in [1.54, 1.807) is 18.4 Å². The summed E-state index contributed by atoms with van der Waals surface area (Å²) in [7, 11) is 3.75. The Balaban J connectivity index is 1.62. The summed E-state index contributed by atoms with van der Waals surface area (Å²) in [5.41, 5.74) is 2.51. The van der Waals surface area contributed by atoms with Gasteiger partial charge in [0.25, 0.3) is 0 Å². The third kappa shape index (κ3) is 3.51. The quantitative estimate of drug-likeness (QED) is 0.851. The van der Waals surface area contributed by atoms with Crippen LogP contribution in [-0.4, -0.2) is 39.9 Å². The molecule has 1 saturated heterocycles. The smallest absolute Gasteiger partial charge is 0.119 e. The summed E-state index contributed by atoms with van der Waals surface area (Å²) < 4.78 is 7.14. The fourth-order valence-corrected chi connectivity index (χ4v) is 3.82. The van der Waals surface area contributed by atoms with Crippen LogP contribution in [0.1, 0.15) is 35.2 Å². The van der Waals surface area contributed by atoms with Gasteiger partial charge in [0.2, 0.25) is 0 Å². The fraction of sp³-hybridized carbons (Fsp3) is 0.600. The minimum atomic E-state index is 0.586. The third-order valence-electron chi connectivity index (χ3n) is 4.04. The van der Waals surface area contributed by atoms with Crippen LogP contribution in [0, 0.1) is 0 Å². The lowest BCUT2D eigenvalue weighted by atomic mass is 9.94. The minimum absolute atomic E-state index is 0.586. The molecule has 114 valence electrons. The first-order chi connectivity index (χ1) is 10.3. The van der Waals surface area contributed by atoms with E-state index in [0.717, 1.165) is 30.3 Å². The second-order valence-electron chi connectivity index (χ2n) is 5.62. The first kappa shape index (κ1) is 14.7. The zero-order chi connectivity index (χ0) is 14.7. The Morgan fingerprint density at radius 1 is 1.48 bits per heavy atom. The van der Waals surface area contributed by atoms with Crippen LogP contribution in [0.25, 0.3) is 0 Å². The fourth-order valence-electron chi connectivity index (χ4n) is 3.07. The molecule has 1 aliphatic heterocycles. The molecule has 6 heteroatoms. The molecule has 1 fully saturated rings. The molecule has 3 rings (SSSR count). The van der Waals surface area contributed by atoms with Gasteiger partial charge in [-0.3, -0.25) is 9.58 Å². The number of thiazole rings is 1. The molecule has 3 heterocycles. The van der Waals surface area contributed by atoms with E-state index in [0.29, 0.717) is 12.5 Å². The Kier molecular flexibility index (Phi) is 4.67. The van der Waals surface area contributed by atoms with Crippen molar-refractivity contribution in [1.29, 1.82) is 0 Å². The summed E-state index contributed by atoms with van der Waals surface area (Å²) in [6, 6.07) is 2.15. The van der Waals surface area contributed by atoms with Crippen molar-refractivity contribution in [2.45, 2.75) is 31.9 Å². The van der Waals surface area contributed by atoms with E-state index in [1.807, 2.05) is 17.9 Å². The number of rotatable bonds is 5. The molecule has 0 bridgehead atoms. The van der Waals surface area contributed by atoms with Crippen molar-refractivity contribution in [3.63, 3.8) is 0 Å². The summed E-state index contributed by atoms with van der Waals surface area (Å²) in [6.07, 6.45) is 4.39. The zero-order valence-corrected chi connectivity index (χ0v) is 13.5. The Morgan fingerprint density at radius 3 is 3.14 bits per heavy atom. The maximum Gasteiger partial charge on any atom is 0.119 e. The SMILES string of the molecule is COCc1nc(CN2CCC[C@@H](c3ccnn3C)C2)cs1. The number of aryl methyl sites for hydroxylation is 1. The summed E-state index contributed by atoms with van der Waals surface area (Å²) in [5.74, 6) is 0.586. The Hall–Kier alpha value is -1.24. The molecule has 1 aliphatic rings. The summed E-state index contributed by atoms with van der Waals surface area (Å²) >= 11 is 1.69. The number of nitrogens with zero attached hydrogens (tertiary/aromatic N) is 4. The molecule has 0 aliphatic carbocycles. The van der Waals surface area contributed by atoms with Crippen molar-refractivity contribution in [3.05, 3.63) is 34.0 Å². The number of methoxy groups -OCH3 is 1. The number of aromatic nitrogens is 3. The molecular formula is C15H22N4OS. The maximum absolute atomic E-state index is 5.13. The standard InChI is InChI=1S/C15H22N4OS/c1-18-14(5-6-16-18)12-4-3-7-19(8-12)9-13-11-21-15(17-13)10-20-2/h5-6,11-12H,3-4,7-10H2,1-2H3/t12-/m1/s1. The van der Waals surface area contributed by atoms with Crippen LogP contribution in [0.2, 0.25) is 0 Å². The largest absolute Gasteiger partial charge is 0.378 e. The van der Waals surface area contributed by atoms with E-state index in [1.165, 1.54) is 18.5 Å². The van der Waals surface area contributed by atoms with Gasteiger partial charge in [0.1, 0.15) is 5.01 Å². The van der Waals surface area contributed by atoms with Crippen molar-refractivity contribution >= 4 is 11.3 Å². The van der Waals surface area contributed by atoms with E-state index in [-0.39, 0.29) is 0 Å². The van der Waals surface area contributed by atoms with Crippen LogP contribution in [0.5, 0.6) is 0 Å². The van der Waals surface area contributed by atoms with Crippen LogP contribution < -0.4 is 0 Å². The van der Waals surface area contributed by atoms with Gasteiger partial charge in [-0.05, 0) is 25.5 Å². The highest BCUT2D eigenvalue weighted by molar-refractivity contribution is 7.09. The van der Waals surface area contributed by atoms with Gasteiger partial charge in [0, 0.05) is 50.4 Å². The Bertz CT molecular complexity index is 580. The lowest BCUT2D eigenvalue weighted by Crippen LogP contribution is -2.34. The molecule has 2 aromatic rings. The first-order valence-electron chi connectivity index (χ1n) is 7.38. The predicted octanol–water partition coefficient (Wildman–Crippen LogP) is 2.40. The highest BCUT2D eigenvalue weighted by Gasteiger charge is 2.23. The van der Waals surface area contributed by atoms with Crippen molar-refractivity contribution in [3.8, 4) is 0 Å². The maximum atomic E-state index is 5.13. The van der Waals surface area contributed by atoms with E-state index >= 15 is 0 Å². The van der Waals surface area contributed by atoms with Crippen molar-refractivity contribution in [1.82, 2.24) is 19.7 Å². The molecule has 0 unspecified atom stereocenters. The lowest BCUT2D eigenvalue weighted by Gasteiger charge is -2.32. The summed E-state index contributed by atoms with van der Waals surface area (Å²) in [4.78, 5) is 7.14. The molecule has 0 spiro atoms. The Labute approximate surface area is 129 Å². The highest BCUT2D eigenvalue weighted by atomic mass is 32.1. The topological polar surface area (TPSA) is 43.2 Å². The number of hydrogen-bond acceptors (Lipinski definition) is 5. The molecule has 0 saturated carbocycles. The summed E-state index contributed by atoms with van der Waals surface area (Å²) in [5, 5.41) is 7.52. The van der Waals surface area contributed by atoms with Gasteiger partial charge in [-0.2, -0.15) is 5.10 Å². The van der Waals surface area contributed by atoms with Gasteiger partial charge in [-0.15, -0.1) is 11.3 Å². The average Bonchev–Trinajstić information content (AvgIpc) is 3.09. The van der Waals surface area contributed by atoms with E-state index in [4.69, 9.17) is 4.74 Å². The van der Waals surface area contributed by atoms with Crippen molar-refractivity contribution in [2.75, 3.05) is 20.2 Å². The van der Waals surface area contributed by atoms with Gasteiger partial charge >= 0.3 is 0 Å². The molecular weight excluding hydrogens is 284 g/mol. The lowest BCUT2D eigenvalue weighted by molar-refractivity contribution is 0.182. The molecule has 2 aromatic heterocycles. The third-order valence-corrected chi connectivity index (χ3v) is 4.91. The molecule has 1 atom stereocenters. The molecule has 0 N–H and O–H groups in total. The van der Waals surface area contributed by atoms with E-state index < -0.39 is 0 Å². The van der Waals surface area contributed by atoms with E-state index in [9.17, 15) is 0 Å². The van der Waals surface area contributed by atoms with Crippen LogP contribution in [0.15, 0.2) is 17.6 Å². The molecule has 5 nitrogen and oxygen atoms in total. The molecule has 0 radical (unpaired) electrons. The zero-order valence-electron chi connectivity index (χ0n) is 12.7. The second kappa shape index (κ2) is 6.68. The van der Waals surface area contributed by atoms with Gasteiger partial charge < -0.3 is 4.74 Å². The Morgan fingerprint density at radius 2 is 2.38 bits per heavy atom. The molecule has 0 aromatic carbocycles. The van der Waals surface area contributed by atoms with Gasteiger partial charge in [0.05, 0.1) is 12.3 Å². The average molecular weight is 306 g/mol. The highest BCUT2D eigenvalue weighted by Crippen LogP contribution is 2.27. The first-order valence-corrected chi connectivity index (χ1v) is 8.26. The number of hydrogen-bond donors (Lipinski definition) is 0.